The first-order valence-corrected chi connectivity index (χ1v) is 5.95. The maximum atomic E-state index is 12.8. The molecule has 0 bridgehead atoms. The van der Waals surface area contributed by atoms with Gasteiger partial charge < -0.3 is 4.74 Å². The maximum Gasteiger partial charge on any atom is 0.192 e. The minimum absolute atomic E-state index is 0.0168. The molecule has 1 aliphatic heterocycles. The highest BCUT2D eigenvalue weighted by Crippen LogP contribution is 2.39. The highest BCUT2D eigenvalue weighted by molar-refractivity contribution is 6.08. The lowest BCUT2D eigenvalue weighted by Gasteiger charge is -2.22. The summed E-state index contributed by atoms with van der Waals surface area (Å²) >= 11 is 0. The lowest BCUT2D eigenvalue weighted by Crippen LogP contribution is -2.29. The molecule has 1 saturated heterocycles. The third kappa shape index (κ3) is 2.23. The highest BCUT2D eigenvalue weighted by Gasteiger charge is 2.49. The number of hydrogen-bond donors (Lipinski definition) is 0. The minimum atomic E-state index is -0.796. The van der Waals surface area contributed by atoms with Gasteiger partial charge in [-0.15, -0.1) is 0 Å². The molecule has 0 saturated carbocycles. The Labute approximate surface area is 106 Å². The highest BCUT2D eigenvalue weighted by atomic mass is 19.1. The van der Waals surface area contributed by atoms with Crippen LogP contribution in [0.1, 0.15) is 33.3 Å². The summed E-state index contributed by atoms with van der Waals surface area (Å²) in [4.78, 5) is 12.2. The van der Waals surface area contributed by atoms with Gasteiger partial charge in [0.05, 0.1) is 5.60 Å². The predicted molar refractivity (Wildman–Crippen MR) is 68.6 cm³/mol. The van der Waals surface area contributed by atoms with Gasteiger partial charge in [0.2, 0.25) is 0 Å². The second kappa shape index (κ2) is 4.02. The van der Waals surface area contributed by atoms with E-state index in [4.69, 9.17) is 4.74 Å². The summed E-state index contributed by atoms with van der Waals surface area (Å²) in [6.45, 7) is 7.27. The fourth-order valence-electron chi connectivity index (χ4n) is 2.30. The standard InChI is InChI=1S/C15H17FO2/c1-14(2)12(13(17)15(3,4)18-14)9-10-5-7-11(16)8-6-10/h5-9H,1-4H3/b12-9-. The molecule has 0 atom stereocenters. The molecule has 2 nitrogen and oxygen atoms in total. The Morgan fingerprint density at radius 2 is 1.61 bits per heavy atom. The van der Waals surface area contributed by atoms with Crippen LogP contribution in [0.5, 0.6) is 0 Å². The molecule has 1 heterocycles. The summed E-state index contributed by atoms with van der Waals surface area (Å²) in [5.41, 5.74) is 0.0119. The van der Waals surface area contributed by atoms with Crippen molar-refractivity contribution in [3.63, 3.8) is 0 Å². The zero-order valence-electron chi connectivity index (χ0n) is 11.1. The molecule has 0 amide bonds. The van der Waals surface area contributed by atoms with Crippen molar-refractivity contribution < 1.29 is 13.9 Å². The largest absolute Gasteiger partial charge is 0.357 e. The minimum Gasteiger partial charge on any atom is -0.357 e. The van der Waals surface area contributed by atoms with Crippen LogP contribution in [0.15, 0.2) is 29.8 Å². The van der Waals surface area contributed by atoms with Gasteiger partial charge in [-0.1, -0.05) is 12.1 Å². The Bertz CT molecular complexity index is 510. The van der Waals surface area contributed by atoms with E-state index in [-0.39, 0.29) is 11.6 Å². The van der Waals surface area contributed by atoms with Gasteiger partial charge in [-0.2, -0.15) is 0 Å². The number of hydrogen-bond acceptors (Lipinski definition) is 2. The summed E-state index contributed by atoms with van der Waals surface area (Å²) < 4.78 is 18.6. The van der Waals surface area contributed by atoms with E-state index < -0.39 is 11.2 Å². The third-order valence-electron chi connectivity index (χ3n) is 3.13. The van der Waals surface area contributed by atoms with Crippen LogP contribution in [0.4, 0.5) is 4.39 Å². The lowest BCUT2D eigenvalue weighted by atomic mass is 9.91. The second-order valence-electron chi connectivity index (χ2n) is 5.56. The molecule has 96 valence electrons. The SMILES string of the molecule is CC1(C)OC(C)(C)/C(=C\c2ccc(F)cc2)C1=O. The van der Waals surface area contributed by atoms with Crippen molar-refractivity contribution in [3.8, 4) is 0 Å². The molecular formula is C15H17FO2. The molecule has 0 N–H and O–H groups in total. The molecule has 3 heteroatoms. The fourth-order valence-corrected chi connectivity index (χ4v) is 2.30. The van der Waals surface area contributed by atoms with E-state index in [0.717, 1.165) is 5.56 Å². The van der Waals surface area contributed by atoms with Crippen LogP contribution in [0.25, 0.3) is 6.08 Å². The van der Waals surface area contributed by atoms with Crippen LogP contribution in [-0.2, 0) is 9.53 Å². The number of carbonyl (C=O) groups excluding carboxylic acids is 1. The molecular weight excluding hydrogens is 231 g/mol. The zero-order chi connectivity index (χ0) is 13.6. The Hall–Kier alpha value is -1.48. The van der Waals surface area contributed by atoms with Crippen LogP contribution in [0.2, 0.25) is 0 Å². The van der Waals surface area contributed by atoms with Crippen molar-refractivity contribution in [1.82, 2.24) is 0 Å². The number of Topliss-reactive ketones (excluding diaryl/α,β-unsaturated/α-hetero) is 1. The molecule has 0 radical (unpaired) electrons. The van der Waals surface area contributed by atoms with E-state index in [9.17, 15) is 9.18 Å². The van der Waals surface area contributed by atoms with E-state index in [1.165, 1.54) is 12.1 Å². The van der Waals surface area contributed by atoms with E-state index in [1.807, 2.05) is 13.8 Å². The third-order valence-corrected chi connectivity index (χ3v) is 3.13. The summed E-state index contributed by atoms with van der Waals surface area (Å²) in [6, 6.07) is 6.06. The average molecular weight is 248 g/mol. The van der Waals surface area contributed by atoms with Gasteiger partial charge in [0.15, 0.2) is 5.78 Å². The van der Waals surface area contributed by atoms with E-state index in [2.05, 4.69) is 0 Å². The number of benzene rings is 1. The monoisotopic (exact) mass is 248 g/mol. The summed E-state index contributed by atoms with van der Waals surface area (Å²) in [7, 11) is 0. The average Bonchev–Trinajstić information content (AvgIpc) is 2.39. The molecule has 1 fully saturated rings. The summed E-state index contributed by atoms with van der Waals surface area (Å²) in [5, 5.41) is 0. The van der Waals surface area contributed by atoms with Crippen molar-refractivity contribution in [2.45, 2.75) is 38.9 Å². The van der Waals surface area contributed by atoms with E-state index in [0.29, 0.717) is 5.57 Å². The topological polar surface area (TPSA) is 26.3 Å². The van der Waals surface area contributed by atoms with Gasteiger partial charge in [0.25, 0.3) is 0 Å². The van der Waals surface area contributed by atoms with Gasteiger partial charge in [0, 0.05) is 5.57 Å². The quantitative estimate of drug-likeness (QED) is 0.712. The smallest absolute Gasteiger partial charge is 0.192 e. The zero-order valence-corrected chi connectivity index (χ0v) is 11.1. The van der Waals surface area contributed by atoms with Crippen molar-refractivity contribution in [1.29, 1.82) is 0 Å². The van der Waals surface area contributed by atoms with Crippen LogP contribution in [0, 0.1) is 5.82 Å². The molecule has 1 aliphatic rings. The Kier molecular flexibility index (Phi) is 2.90. The number of ketones is 1. The molecule has 0 aromatic heterocycles. The van der Waals surface area contributed by atoms with Crippen molar-refractivity contribution in [3.05, 3.63) is 41.2 Å². The second-order valence-corrected chi connectivity index (χ2v) is 5.56. The van der Waals surface area contributed by atoms with Gasteiger partial charge in [-0.3, -0.25) is 4.79 Å². The Morgan fingerprint density at radius 1 is 1.06 bits per heavy atom. The maximum absolute atomic E-state index is 12.8. The fraction of sp³-hybridized carbons (Fsp3) is 0.400. The van der Waals surface area contributed by atoms with Crippen molar-refractivity contribution >= 4 is 11.9 Å². The van der Waals surface area contributed by atoms with Crippen molar-refractivity contribution in [2.75, 3.05) is 0 Å². The predicted octanol–water partition coefficient (Wildman–Crippen LogP) is 3.37. The number of carbonyl (C=O) groups is 1. The first kappa shape index (κ1) is 13.0. The molecule has 1 aromatic carbocycles. The van der Waals surface area contributed by atoms with Gasteiger partial charge in [-0.05, 0) is 51.5 Å². The van der Waals surface area contributed by atoms with E-state index >= 15 is 0 Å². The van der Waals surface area contributed by atoms with E-state index in [1.54, 1.807) is 32.1 Å². The molecule has 0 aliphatic carbocycles. The Morgan fingerprint density at radius 3 is 2.06 bits per heavy atom. The van der Waals surface area contributed by atoms with Crippen LogP contribution in [-0.4, -0.2) is 17.0 Å². The van der Waals surface area contributed by atoms with Crippen LogP contribution in [0.3, 0.4) is 0 Å². The van der Waals surface area contributed by atoms with Gasteiger partial charge in [0.1, 0.15) is 11.4 Å². The van der Waals surface area contributed by atoms with Gasteiger partial charge >= 0.3 is 0 Å². The van der Waals surface area contributed by atoms with Crippen LogP contribution < -0.4 is 0 Å². The van der Waals surface area contributed by atoms with Crippen LogP contribution >= 0.6 is 0 Å². The summed E-state index contributed by atoms with van der Waals surface area (Å²) in [6.07, 6.45) is 1.77. The normalized spacial score (nSPS) is 23.6. The number of ether oxygens (including phenoxy) is 1. The lowest BCUT2D eigenvalue weighted by molar-refractivity contribution is -0.132. The molecule has 18 heavy (non-hydrogen) atoms. The first-order valence-electron chi connectivity index (χ1n) is 5.95. The molecule has 0 unspecified atom stereocenters. The first-order chi connectivity index (χ1) is 8.22. The molecule has 2 rings (SSSR count). The molecule has 0 spiro atoms. The number of halogens is 1. The number of rotatable bonds is 1. The Balaban J connectivity index is 2.43. The molecule has 1 aromatic rings. The van der Waals surface area contributed by atoms with Crippen molar-refractivity contribution in [2.24, 2.45) is 0 Å². The van der Waals surface area contributed by atoms with Gasteiger partial charge in [-0.25, -0.2) is 4.39 Å². The summed E-state index contributed by atoms with van der Waals surface area (Å²) in [5.74, 6) is -0.303.